The molecule has 4 nitrogen and oxygen atoms in total. The lowest BCUT2D eigenvalue weighted by Gasteiger charge is -2.11. The Balaban J connectivity index is 2.31. The zero-order valence-electron chi connectivity index (χ0n) is 9.93. The lowest BCUT2D eigenvalue weighted by atomic mass is 10.1. The molecular weight excluding hydrogens is 266 g/mol. The Morgan fingerprint density at radius 1 is 1.05 bits per heavy atom. The molecule has 0 fully saturated rings. The smallest absolute Gasteiger partial charge is 0.263 e. The molecule has 0 saturated carbocycles. The van der Waals surface area contributed by atoms with E-state index < -0.39 is 5.91 Å². The van der Waals surface area contributed by atoms with Crippen LogP contribution in [0.2, 0.25) is 0 Å². The Morgan fingerprint density at radius 3 is 2.32 bits per heavy atom. The number of anilines is 1. The first-order valence-electron chi connectivity index (χ1n) is 5.59. The van der Waals surface area contributed by atoms with E-state index in [1.54, 1.807) is 18.2 Å². The van der Waals surface area contributed by atoms with Crippen molar-refractivity contribution in [3.63, 3.8) is 0 Å². The molecule has 0 atom stereocenters. The van der Waals surface area contributed by atoms with Gasteiger partial charge in [-0.05, 0) is 23.8 Å². The first-order valence-corrected chi connectivity index (χ1v) is 6.13. The molecule has 0 unspecified atom stereocenters. The second kappa shape index (κ2) is 5.63. The predicted octanol–water partition coefficient (Wildman–Crippen LogP) is 3.09. The van der Waals surface area contributed by atoms with Gasteiger partial charge in [0.1, 0.15) is 17.1 Å². The van der Waals surface area contributed by atoms with E-state index in [9.17, 15) is 15.0 Å². The predicted molar refractivity (Wildman–Crippen MR) is 73.7 cm³/mol. The standard InChI is InChI=1S/C14H12ClNO3/c15-8-9-4-1-2-5-10(9)16-14(19)13-11(17)6-3-7-12(13)18/h1-7,17-18H,8H2,(H,16,19). The van der Waals surface area contributed by atoms with Gasteiger partial charge in [-0.1, -0.05) is 24.3 Å². The minimum atomic E-state index is -0.590. The average molecular weight is 278 g/mol. The van der Waals surface area contributed by atoms with E-state index in [-0.39, 0.29) is 22.9 Å². The SMILES string of the molecule is O=C(Nc1ccccc1CCl)c1c(O)cccc1O. The molecule has 0 saturated heterocycles. The Bertz CT molecular complexity index is 593. The molecule has 0 aromatic heterocycles. The van der Waals surface area contributed by atoms with Crippen LogP contribution in [0.5, 0.6) is 11.5 Å². The molecule has 19 heavy (non-hydrogen) atoms. The normalized spacial score (nSPS) is 10.2. The van der Waals surface area contributed by atoms with Crippen molar-refractivity contribution in [1.29, 1.82) is 0 Å². The Hall–Kier alpha value is -2.20. The van der Waals surface area contributed by atoms with Crippen LogP contribution in [0.1, 0.15) is 15.9 Å². The highest BCUT2D eigenvalue weighted by Gasteiger charge is 2.16. The number of phenols is 2. The number of hydrogen-bond acceptors (Lipinski definition) is 3. The van der Waals surface area contributed by atoms with Crippen LogP contribution in [0.4, 0.5) is 5.69 Å². The maximum atomic E-state index is 12.0. The fraction of sp³-hybridized carbons (Fsp3) is 0.0714. The van der Waals surface area contributed by atoms with E-state index in [1.165, 1.54) is 18.2 Å². The van der Waals surface area contributed by atoms with E-state index in [1.807, 2.05) is 6.07 Å². The van der Waals surface area contributed by atoms with E-state index in [2.05, 4.69) is 5.32 Å². The number of halogens is 1. The van der Waals surface area contributed by atoms with Crippen molar-refractivity contribution in [1.82, 2.24) is 0 Å². The molecule has 0 radical (unpaired) electrons. The molecule has 0 aliphatic carbocycles. The fourth-order valence-electron chi connectivity index (χ4n) is 1.70. The van der Waals surface area contributed by atoms with Gasteiger partial charge in [0.05, 0.1) is 0 Å². The highest BCUT2D eigenvalue weighted by molar-refractivity contribution is 6.18. The number of rotatable bonds is 3. The van der Waals surface area contributed by atoms with Crippen LogP contribution >= 0.6 is 11.6 Å². The summed E-state index contributed by atoms with van der Waals surface area (Å²) in [6, 6.07) is 11.2. The third kappa shape index (κ3) is 2.80. The van der Waals surface area contributed by atoms with Crippen LogP contribution in [0.15, 0.2) is 42.5 Å². The van der Waals surface area contributed by atoms with Crippen molar-refractivity contribution in [3.05, 3.63) is 53.6 Å². The number of carbonyl (C=O) groups excluding carboxylic acids is 1. The summed E-state index contributed by atoms with van der Waals surface area (Å²) < 4.78 is 0. The van der Waals surface area contributed by atoms with Gasteiger partial charge in [0.25, 0.3) is 5.91 Å². The molecule has 2 rings (SSSR count). The van der Waals surface area contributed by atoms with Crippen molar-refractivity contribution < 1.29 is 15.0 Å². The summed E-state index contributed by atoms with van der Waals surface area (Å²) in [6.45, 7) is 0. The number of benzene rings is 2. The highest BCUT2D eigenvalue weighted by atomic mass is 35.5. The molecule has 2 aromatic carbocycles. The van der Waals surface area contributed by atoms with Crippen molar-refractivity contribution in [3.8, 4) is 11.5 Å². The van der Waals surface area contributed by atoms with Gasteiger partial charge in [-0.2, -0.15) is 0 Å². The van der Waals surface area contributed by atoms with Gasteiger partial charge in [-0.3, -0.25) is 4.79 Å². The molecule has 0 spiro atoms. The van der Waals surface area contributed by atoms with Crippen LogP contribution in [0.3, 0.4) is 0 Å². The summed E-state index contributed by atoms with van der Waals surface area (Å²) in [5.41, 5.74) is 1.14. The van der Waals surface area contributed by atoms with Gasteiger partial charge in [-0.15, -0.1) is 11.6 Å². The first-order chi connectivity index (χ1) is 9.13. The minimum Gasteiger partial charge on any atom is -0.507 e. The van der Waals surface area contributed by atoms with Crippen molar-refractivity contribution >= 4 is 23.2 Å². The largest absolute Gasteiger partial charge is 0.507 e. The maximum absolute atomic E-state index is 12.0. The zero-order chi connectivity index (χ0) is 13.8. The van der Waals surface area contributed by atoms with Gasteiger partial charge in [0, 0.05) is 11.6 Å². The number of nitrogens with one attached hydrogen (secondary N) is 1. The first kappa shape index (κ1) is 13.2. The molecule has 3 N–H and O–H groups in total. The van der Waals surface area contributed by atoms with Gasteiger partial charge in [0.15, 0.2) is 0 Å². The van der Waals surface area contributed by atoms with E-state index >= 15 is 0 Å². The highest BCUT2D eigenvalue weighted by Crippen LogP contribution is 2.27. The Labute approximate surface area is 115 Å². The topological polar surface area (TPSA) is 69.6 Å². The molecule has 98 valence electrons. The number of carbonyl (C=O) groups is 1. The minimum absolute atomic E-state index is 0.160. The van der Waals surface area contributed by atoms with E-state index in [0.29, 0.717) is 5.69 Å². The Morgan fingerprint density at radius 2 is 1.68 bits per heavy atom. The van der Waals surface area contributed by atoms with Crippen LogP contribution in [0, 0.1) is 0 Å². The number of amides is 1. The molecule has 2 aromatic rings. The van der Waals surface area contributed by atoms with Crippen LogP contribution in [-0.4, -0.2) is 16.1 Å². The summed E-state index contributed by atoms with van der Waals surface area (Å²) in [7, 11) is 0. The van der Waals surface area contributed by atoms with Crippen molar-refractivity contribution in [2.75, 3.05) is 5.32 Å². The fourth-order valence-corrected chi connectivity index (χ4v) is 1.94. The number of alkyl halides is 1. The summed E-state index contributed by atoms with van der Waals surface area (Å²) in [5, 5.41) is 21.9. The van der Waals surface area contributed by atoms with Crippen LogP contribution in [-0.2, 0) is 5.88 Å². The maximum Gasteiger partial charge on any atom is 0.263 e. The summed E-state index contributed by atoms with van der Waals surface area (Å²) >= 11 is 5.77. The quantitative estimate of drug-likeness (QED) is 0.755. The zero-order valence-corrected chi connectivity index (χ0v) is 10.7. The van der Waals surface area contributed by atoms with Crippen LogP contribution in [0.25, 0.3) is 0 Å². The molecule has 5 heteroatoms. The second-order valence-corrected chi connectivity index (χ2v) is 4.18. The second-order valence-electron chi connectivity index (χ2n) is 3.92. The lowest BCUT2D eigenvalue weighted by Crippen LogP contribution is -2.13. The van der Waals surface area contributed by atoms with Crippen molar-refractivity contribution in [2.45, 2.75) is 5.88 Å². The number of hydrogen-bond donors (Lipinski definition) is 3. The summed E-state index contributed by atoms with van der Waals surface area (Å²) in [6.07, 6.45) is 0. The molecule has 0 aliphatic rings. The lowest BCUT2D eigenvalue weighted by molar-refractivity contribution is 0.102. The molecule has 0 aliphatic heterocycles. The molecule has 1 amide bonds. The van der Waals surface area contributed by atoms with Gasteiger partial charge in [0.2, 0.25) is 0 Å². The summed E-state index contributed by atoms with van der Waals surface area (Å²) in [4.78, 5) is 12.0. The molecule has 0 heterocycles. The third-order valence-electron chi connectivity index (χ3n) is 2.66. The van der Waals surface area contributed by atoms with Gasteiger partial charge in [-0.25, -0.2) is 0 Å². The molecule has 0 bridgehead atoms. The van der Waals surface area contributed by atoms with E-state index in [4.69, 9.17) is 11.6 Å². The van der Waals surface area contributed by atoms with Gasteiger partial charge < -0.3 is 15.5 Å². The number of para-hydroxylation sites is 1. The van der Waals surface area contributed by atoms with Crippen LogP contribution < -0.4 is 5.32 Å². The van der Waals surface area contributed by atoms with Crippen molar-refractivity contribution in [2.24, 2.45) is 0 Å². The number of phenolic OH excluding ortho intramolecular Hbond substituents is 2. The number of aromatic hydroxyl groups is 2. The van der Waals surface area contributed by atoms with Gasteiger partial charge >= 0.3 is 0 Å². The Kier molecular flexibility index (Phi) is 3.92. The summed E-state index contributed by atoms with van der Waals surface area (Å²) in [5.74, 6) is -0.890. The monoisotopic (exact) mass is 277 g/mol. The third-order valence-corrected chi connectivity index (χ3v) is 2.94. The molecular formula is C14H12ClNO3. The van der Waals surface area contributed by atoms with E-state index in [0.717, 1.165) is 5.56 Å². The average Bonchev–Trinajstić information content (AvgIpc) is 2.39.